The van der Waals surface area contributed by atoms with E-state index in [1.807, 2.05) is 19.1 Å². The van der Waals surface area contributed by atoms with Crippen LogP contribution in [0.4, 0.5) is 0 Å². The zero-order valence-corrected chi connectivity index (χ0v) is 39.9. The van der Waals surface area contributed by atoms with E-state index in [4.69, 9.17) is 9.47 Å². The molecule has 0 aromatic carbocycles. The predicted molar refractivity (Wildman–Crippen MR) is 257 cm³/mol. The van der Waals surface area contributed by atoms with E-state index >= 15 is 0 Å². The largest absolute Gasteiger partial charge is 0.468 e. The molecule has 0 spiro atoms. The number of carbonyl (C=O) groups excluding carboxylic acids is 3. The van der Waals surface area contributed by atoms with Crippen LogP contribution in [-0.2, 0) is 25.5 Å². The molecule has 0 saturated carbocycles. The van der Waals surface area contributed by atoms with E-state index in [1.165, 1.54) is 69.6 Å². The van der Waals surface area contributed by atoms with E-state index in [1.54, 1.807) is 0 Å². The van der Waals surface area contributed by atoms with Gasteiger partial charge >= 0.3 is 11.9 Å². The van der Waals surface area contributed by atoms with Crippen LogP contribution in [0.1, 0.15) is 180 Å². The topological polar surface area (TPSA) is 129 Å². The zero-order valence-electron chi connectivity index (χ0n) is 39.9. The molecule has 3 aromatic heterocycles. The van der Waals surface area contributed by atoms with Crippen LogP contribution < -0.4 is 16.0 Å². The van der Waals surface area contributed by atoms with Crippen LogP contribution in [-0.4, -0.2) is 46.4 Å². The van der Waals surface area contributed by atoms with E-state index in [0.29, 0.717) is 23.3 Å². The SMILES string of the molecule is C=Cc1c2[nH]c(c1C)/C=C1\N/C(=C3\c4[nH]c(c(C)c4C(=O)[C@@H]3C(=O)OC)/C=c3\[nH]/c(c(C)c3CC)=C\2)[C@@H](CCC(=O)OC/C=C(\C)CCC[C@H](C)CCCCCCCC(C)C)[C@@H]1C. The normalized spacial score (nSPS) is 21.6. The Morgan fingerprint density at radius 1 is 0.841 bits per heavy atom. The van der Waals surface area contributed by atoms with Gasteiger partial charge in [0.1, 0.15) is 12.5 Å². The Morgan fingerprint density at radius 3 is 2.22 bits per heavy atom. The van der Waals surface area contributed by atoms with Gasteiger partial charge in [0, 0.05) is 74.1 Å². The third-order valence-corrected chi connectivity index (χ3v) is 14.2. The summed E-state index contributed by atoms with van der Waals surface area (Å²) in [5.74, 6) is -1.07. The molecule has 9 heteroatoms. The van der Waals surface area contributed by atoms with Crippen LogP contribution in [0.2, 0.25) is 0 Å². The first-order valence-corrected chi connectivity index (χ1v) is 23.8. The van der Waals surface area contributed by atoms with Crippen molar-refractivity contribution in [1.29, 1.82) is 0 Å². The molecule has 0 amide bonds. The zero-order chi connectivity index (χ0) is 45.5. The summed E-state index contributed by atoms with van der Waals surface area (Å²) in [6.45, 7) is 24.0. The van der Waals surface area contributed by atoms with Crippen molar-refractivity contribution in [2.24, 2.45) is 29.6 Å². The molecule has 1 aliphatic carbocycles. The highest BCUT2D eigenvalue weighted by molar-refractivity contribution is 6.24. The molecule has 9 nitrogen and oxygen atoms in total. The maximum Gasteiger partial charge on any atom is 0.321 e. The van der Waals surface area contributed by atoms with Gasteiger partial charge in [0.2, 0.25) is 0 Å². The van der Waals surface area contributed by atoms with Gasteiger partial charge in [0.15, 0.2) is 5.78 Å². The van der Waals surface area contributed by atoms with Crippen molar-refractivity contribution >= 4 is 47.6 Å². The number of esters is 2. The van der Waals surface area contributed by atoms with Gasteiger partial charge in [-0.05, 0) is 112 Å². The highest BCUT2D eigenvalue weighted by atomic mass is 16.5. The lowest BCUT2D eigenvalue weighted by atomic mass is 9.85. The van der Waals surface area contributed by atoms with Crippen molar-refractivity contribution in [2.45, 2.75) is 146 Å². The van der Waals surface area contributed by atoms with Gasteiger partial charge in [-0.25, -0.2) is 0 Å². The van der Waals surface area contributed by atoms with Crippen molar-refractivity contribution in [3.63, 3.8) is 0 Å². The highest BCUT2D eigenvalue weighted by Crippen LogP contribution is 2.48. The maximum absolute atomic E-state index is 14.4. The lowest BCUT2D eigenvalue weighted by Gasteiger charge is -2.19. The molecule has 4 N–H and O–H groups in total. The molecular weight excluding hydrogens is 785 g/mol. The van der Waals surface area contributed by atoms with Gasteiger partial charge < -0.3 is 29.7 Å². The Bertz CT molecular complexity index is 2410. The minimum absolute atomic E-state index is 0.0861. The fourth-order valence-corrected chi connectivity index (χ4v) is 10.2. The van der Waals surface area contributed by atoms with Crippen LogP contribution in [0, 0.1) is 50.4 Å². The number of carbonyl (C=O) groups is 3. The number of H-pyrrole nitrogens is 3. The Hall–Kier alpha value is -5.05. The third-order valence-electron chi connectivity index (χ3n) is 14.2. The number of hydrogen-bond acceptors (Lipinski definition) is 6. The molecule has 2 aliphatic heterocycles. The quantitative estimate of drug-likeness (QED) is 0.0388. The second kappa shape index (κ2) is 21.1. The van der Waals surface area contributed by atoms with Gasteiger partial charge in [-0.3, -0.25) is 14.4 Å². The van der Waals surface area contributed by atoms with Gasteiger partial charge in [-0.15, -0.1) is 0 Å². The fraction of sp³-hybridized carbons (Fsp3) is 0.537. The summed E-state index contributed by atoms with van der Waals surface area (Å²) in [6, 6.07) is 0. The number of ether oxygens (including phenoxy) is 2. The molecule has 8 bridgehead atoms. The van der Waals surface area contributed by atoms with Crippen molar-refractivity contribution in [1.82, 2.24) is 20.3 Å². The number of fused-ring (bicyclic) bond motifs is 7. The molecule has 0 unspecified atom stereocenters. The molecule has 1 saturated heterocycles. The standard InChI is InChI=1S/C54H74N4O5/c1-12-38-34(7)41-28-43-36(9)40(24-25-47(59)63-27-26-33(6)23-19-22-32(5)21-18-16-14-15-17-20-31(3)4)51(57-43)49-50(54(61)62-11)53(60)48-37(10)44(58-52(48)49)30-46-39(13-2)35(8)42(56-46)29-45(38)55-41/h12,26,28-32,36,40,50,55-58H,1,13-25,27H2,2-11H3/b33-26+,42-29-,43-28-,46-30-,51-49-/t32-,36+,40+,50-/m1/s1. The van der Waals surface area contributed by atoms with Crippen LogP contribution in [0.25, 0.3) is 29.9 Å². The van der Waals surface area contributed by atoms with Crippen LogP contribution in [0.15, 0.2) is 29.6 Å². The summed E-state index contributed by atoms with van der Waals surface area (Å²) in [7, 11) is 1.32. The molecule has 5 heterocycles. The monoisotopic (exact) mass is 859 g/mol. The lowest BCUT2D eigenvalue weighted by Crippen LogP contribution is -2.25. The fourth-order valence-electron chi connectivity index (χ4n) is 10.2. The Kier molecular flexibility index (Phi) is 15.9. The average Bonchev–Trinajstić information content (AvgIpc) is 3.99. The molecular formula is C54H74N4O5. The van der Waals surface area contributed by atoms with Gasteiger partial charge in [-0.1, -0.05) is 104 Å². The van der Waals surface area contributed by atoms with Crippen LogP contribution >= 0.6 is 0 Å². The summed E-state index contributed by atoms with van der Waals surface area (Å²) in [6.07, 6.45) is 24.5. The summed E-state index contributed by atoms with van der Waals surface area (Å²) in [5, 5.41) is 5.66. The van der Waals surface area contributed by atoms with Crippen molar-refractivity contribution in [3.8, 4) is 0 Å². The van der Waals surface area contributed by atoms with E-state index in [2.05, 4.69) is 100 Å². The summed E-state index contributed by atoms with van der Waals surface area (Å²) >= 11 is 0. The predicted octanol–water partition coefficient (Wildman–Crippen LogP) is 10.8. The number of rotatable bonds is 20. The highest BCUT2D eigenvalue weighted by Gasteiger charge is 2.48. The first-order valence-electron chi connectivity index (χ1n) is 23.8. The number of aromatic nitrogens is 3. The molecule has 4 atom stereocenters. The number of hydrogen-bond donors (Lipinski definition) is 4. The molecule has 340 valence electrons. The van der Waals surface area contributed by atoms with Gasteiger partial charge in [0.25, 0.3) is 0 Å². The number of methoxy groups -OCH3 is 1. The maximum atomic E-state index is 14.4. The summed E-state index contributed by atoms with van der Waals surface area (Å²) in [4.78, 5) is 52.3. The van der Waals surface area contributed by atoms with Crippen molar-refractivity contribution in [3.05, 3.63) is 96.5 Å². The van der Waals surface area contributed by atoms with Gasteiger partial charge in [-0.2, -0.15) is 0 Å². The molecule has 1 fully saturated rings. The van der Waals surface area contributed by atoms with Crippen LogP contribution in [0.5, 0.6) is 0 Å². The minimum atomic E-state index is -1.14. The number of ketones is 1. The Balaban J connectivity index is 1.22. The van der Waals surface area contributed by atoms with Gasteiger partial charge in [0.05, 0.1) is 12.8 Å². The molecule has 3 aromatic rings. The first-order chi connectivity index (χ1) is 30.2. The lowest BCUT2D eigenvalue weighted by molar-refractivity contribution is -0.143. The number of nitrogens with one attached hydrogen (secondary N) is 4. The molecule has 0 radical (unpaired) electrons. The number of aromatic amines is 3. The molecule has 3 aliphatic rings. The van der Waals surface area contributed by atoms with Crippen LogP contribution in [0.3, 0.4) is 0 Å². The van der Waals surface area contributed by atoms with Crippen molar-refractivity contribution < 1.29 is 23.9 Å². The Labute approximate surface area is 376 Å². The van der Waals surface area contributed by atoms with Crippen molar-refractivity contribution in [2.75, 3.05) is 13.7 Å². The molecule has 6 rings (SSSR count). The second-order valence-electron chi connectivity index (χ2n) is 19.1. The number of Topliss-reactive ketones (excluding diaryl/α,β-unsaturated/α-hetero) is 1. The Morgan fingerprint density at radius 2 is 1.52 bits per heavy atom. The van der Waals surface area contributed by atoms with E-state index in [9.17, 15) is 14.4 Å². The van der Waals surface area contributed by atoms with E-state index in [0.717, 1.165) is 92.5 Å². The summed E-state index contributed by atoms with van der Waals surface area (Å²) in [5.41, 5.74) is 12.5. The van der Waals surface area contributed by atoms with E-state index < -0.39 is 11.9 Å². The minimum Gasteiger partial charge on any atom is -0.468 e. The second-order valence-corrected chi connectivity index (χ2v) is 19.1. The third kappa shape index (κ3) is 10.5. The average molecular weight is 859 g/mol. The molecule has 63 heavy (non-hydrogen) atoms. The summed E-state index contributed by atoms with van der Waals surface area (Å²) < 4.78 is 11.1. The van der Waals surface area contributed by atoms with E-state index in [-0.39, 0.29) is 36.6 Å². The first kappa shape index (κ1) is 47.4. The smallest absolute Gasteiger partial charge is 0.321 e. The number of unbranched alkanes of at least 4 members (excludes halogenated alkanes) is 4. The number of allylic oxidation sites excluding steroid dienone is 3.